The first-order valence-electron chi connectivity index (χ1n) is 8.69. The summed E-state index contributed by atoms with van der Waals surface area (Å²) in [6.45, 7) is 2.09. The van der Waals surface area contributed by atoms with E-state index in [0.29, 0.717) is 24.2 Å². The van der Waals surface area contributed by atoms with Gasteiger partial charge < -0.3 is 5.32 Å². The van der Waals surface area contributed by atoms with Crippen LogP contribution in [0.3, 0.4) is 0 Å². The SMILES string of the molecule is O=c1[nH]c(Nc2ccc(F)c(F)c2)nc2c1CN(Cc1ccccc1)CC2. The zero-order valence-electron chi connectivity index (χ0n) is 14.5. The van der Waals surface area contributed by atoms with Crippen LogP contribution in [-0.2, 0) is 19.5 Å². The van der Waals surface area contributed by atoms with Crippen molar-refractivity contribution in [1.29, 1.82) is 0 Å². The summed E-state index contributed by atoms with van der Waals surface area (Å²) in [5, 5.41) is 2.83. The maximum Gasteiger partial charge on any atom is 0.257 e. The molecule has 2 aromatic carbocycles. The van der Waals surface area contributed by atoms with Gasteiger partial charge in [-0.2, -0.15) is 0 Å². The van der Waals surface area contributed by atoms with E-state index in [0.717, 1.165) is 30.9 Å². The van der Waals surface area contributed by atoms with Gasteiger partial charge in [0.15, 0.2) is 11.6 Å². The van der Waals surface area contributed by atoms with E-state index in [1.165, 1.54) is 11.6 Å². The van der Waals surface area contributed by atoms with Crippen LogP contribution in [0, 0.1) is 11.6 Å². The highest BCUT2D eigenvalue weighted by Gasteiger charge is 2.21. The number of fused-ring (bicyclic) bond motifs is 1. The van der Waals surface area contributed by atoms with Crippen molar-refractivity contribution in [3.05, 3.63) is 87.3 Å². The fourth-order valence-electron chi connectivity index (χ4n) is 3.23. The van der Waals surface area contributed by atoms with Gasteiger partial charge in [0.05, 0.1) is 11.3 Å². The Labute approximate surface area is 154 Å². The highest BCUT2D eigenvalue weighted by molar-refractivity contribution is 5.53. The number of hydrogen-bond acceptors (Lipinski definition) is 4. The number of aromatic nitrogens is 2. The number of nitrogens with zero attached hydrogens (tertiary/aromatic N) is 2. The van der Waals surface area contributed by atoms with E-state index >= 15 is 0 Å². The lowest BCUT2D eigenvalue weighted by Crippen LogP contribution is -2.35. The quantitative estimate of drug-likeness (QED) is 0.741. The lowest BCUT2D eigenvalue weighted by atomic mass is 10.1. The molecule has 4 rings (SSSR count). The van der Waals surface area contributed by atoms with E-state index < -0.39 is 11.6 Å². The second kappa shape index (κ2) is 7.28. The molecule has 0 unspecified atom stereocenters. The fourth-order valence-corrected chi connectivity index (χ4v) is 3.23. The predicted octanol–water partition coefficient (Wildman–Crippen LogP) is 3.35. The van der Waals surface area contributed by atoms with E-state index in [4.69, 9.17) is 0 Å². The van der Waals surface area contributed by atoms with Crippen LogP contribution in [0.5, 0.6) is 0 Å². The molecule has 2 heterocycles. The molecule has 0 bridgehead atoms. The second-order valence-corrected chi connectivity index (χ2v) is 6.54. The molecule has 0 atom stereocenters. The Bertz CT molecular complexity index is 1020. The number of hydrogen-bond donors (Lipinski definition) is 2. The molecule has 1 aromatic heterocycles. The first kappa shape index (κ1) is 17.4. The topological polar surface area (TPSA) is 61.0 Å². The number of rotatable bonds is 4. The summed E-state index contributed by atoms with van der Waals surface area (Å²) in [5.41, 5.74) is 2.67. The zero-order valence-corrected chi connectivity index (χ0v) is 14.5. The normalized spacial score (nSPS) is 14.0. The van der Waals surface area contributed by atoms with Gasteiger partial charge in [-0.05, 0) is 17.7 Å². The molecule has 3 aromatic rings. The monoisotopic (exact) mass is 368 g/mol. The minimum absolute atomic E-state index is 0.220. The molecule has 0 amide bonds. The van der Waals surface area contributed by atoms with Crippen LogP contribution < -0.4 is 10.9 Å². The minimum Gasteiger partial charge on any atom is -0.326 e. The maximum atomic E-state index is 13.3. The molecule has 2 N–H and O–H groups in total. The lowest BCUT2D eigenvalue weighted by molar-refractivity contribution is 0.242. The Balaban J connectivity index is 1.52. The molecule has 0 saturated heterocycles. The van der Waals surface area contributed by atoms with Crippen molar-refractivity contribution in [2.45, 2.75) is 19.5 Å². The van der Waals surface area contributed by atoms with Crippen molar-refractivity contribution in [1.82, 2.24) is 14.9 Å². The van der Waals surface area contributed by atoms with Crippen molar-refractivity contribution in [2.75, 3.05) is 11.9 Å². The summed E-state index contributed by atoms with van der Waals surface area (Å²) in [6.07, 6.45) is 0.651. The Morgan fingerprint density at radius 2 is 1.93 bits per heavy atom. The van der Waals surface area contributed by atoms with E-state index in [-0.39, 0.29) is 11.5 Å². The second-order valence-electron chi connectivity index (χ2n) is 6.54. The van der Waals surface area contributed by atoms with Crippen LogP contribution in [0.2, 0.25) is 0 Å². The molecule has 0 fully saturated rings. The van der Waals surface area contributed by atoms with Crippen LogP contribution in [0.15, 0.2) is 53.3 Å². The van der Waals surface area contributed by atoms with E-state index in [9.17, 15) is 13.6 Å². The van der Waals surface area contributed by atoms with Gasteiger partial charge in [0.2, 0.25) is 5.95 Å². The molecule has 138 valence electrons. The Hall–Kier alpha value is -3.06. The van der Waals surface area contributed by atoms with Crippen LogP contribution in [-0.4, -0.2) is 21.4 Å². The average molecular weight is 368 g/mol. The van der Waals surface area contributed by atoms with Crippen molar-refractivity contribution >= 4 is 11.6 Å². The van der Waals surface area contributed by atoms with Gasteiger partial charge in [-0.25, -0.2) is 13.8 Å². The largest absolute Gasteiger partial charge is 0.326 e. The van der Waals surface area contributed by atoms with Crippen molar-refractivity contribution in [3.8, 4) is 0 Å². The van der Waals surface area contributed by atoms with Gasteiger partial charge in [-0.15, -0.1) is 0 Å². The van der Waals surface area contributed by atoms with Crippen molar-refractivity contribution < 1.29 is 8.78 Å². The zero-order chi connectivity index (χ0) is 18.8. The highest BCUT2D eigenvalue weighted by Crippen LogP contribution is 2.20. The molecule has 0 saturated carbocycles. The van der Waals surface area contributed by atoms with Gasteiger partial charge in [0.25, 0.3) is 5.56 Å². The standard InChI is InChI=1S/C20H18F2N4O/c21-16-7-6-14(10-17(16)22)23-20-24-18-8-9-26(12-15(18)19(27)25-20)11-13-4-2-1-3-5-13/h1-7,10H,8-9,11-12H2,(H2,23,24,25,27). The number of halogens is 2. The summed E-state index contributed by atoms with van der Waals surface area (Å²) in [4.78, 5) is 21.8. The van der Waals surface area contributed by atoms with Crippen LogP contribution in [0.1, 0.15) is 16.8 Å². The molecular weight excluding hydrogens is 350 g/mol. The molecular formula is C20H18F2N4O. The minimum atomic E-state index is -0.961. The maximum absolute atomic E-state index is 13.3. The Morgan fingerprint density at radius 1 is 1.11 bits per heavy atom. The molecule has 1 aliphatic rings. The third kappa shape index (κ3) is 3.88. The molecule has 0 aliphatic carbocycles. The first-order chi connectivity index (χ1) is 13.1. The summed E-state index contributed by atoms with van der Waals surface area (Å²) in [6, 6.07) is 13.5. The fraction of sp³-hybridized carbons (Fsp3) is 0.200. The number of H-pyrrole nitrogens is 1. The third-order valence-electron chi connectivity index (χ3n) is 4.58. The number of aromatic amines is 1. The molecule has 7 heteroatoms. The summed E-state index contributed by atoms with van der Waals surface area (Å²) >= 11 is 0. The first-order valence-corrected chi connectivity index (χ1v) is 8.69. The number of nitrogens with one attached hydrogen (secondary N) is 2. The van der Waals surface area contributed by atoms with E-state index in [1.54, 1.807) is 0 Å². The number of anilines is 2. The van der Waals surface area contributed by atoms with Crippen molar-refractivity contribution in [2.24, 2.45) is 0 Å². The third-order valence-corrected chi connectivity index (χ3v) is 4.58. The summed E-state index contributed by atoms with van der Waals surface area (Å²) in [7, 11) is 0. The Kier molecular flexibility index (Phi) is 4.68. The molecule has 0 spiro atoms. The van der Waals surface area contributed by atoms with Gasteiger partial charge >= 0.3 is 0 Å². The van der Waals surface area contributed by atoms with Crippen LogP contribution in [0.4, 0.5) is 20.4 Å². The van der Waals surface area contributed by atoms with Gasteiger partial charge in [0.1, 0.15) is 0 Å². The van der Waals surface area contributed by atoms with Gasteiger partial charge in [-0.1, -0.05) is 30.3 Å². The Morgan fingerprint density at radius 3 is 2.70 bits per heavy atom. The molecule has 1 aliphatic heterocycles. The predicted molar refractivity (Wildman–Crippen MR) is 98.8 cm³/mol. The molecule has 5 nitrogen and oxygen atoms in total. The number of benzene rings is 2. The summed E-state index contributed by atoms with van der Waals surface area (Å²) in [5.74, 6) is -1.66. The molecule has 27 heavy (non-hydrogen) atoms. The lowest BCUT2D eigenvalue weighted by Gasteiger charge is -2.27. The van der Waals surface area contributed by atoms with Gasteiger partial charge in [0, 0.05) is 37.8 Å². The average Bonchev–Trinajstić information content (AvgIpc) is 2.66. The van der Waals surface area contributed by atoms with Crippen LogP contribution >= 0.6 is 0 Å². The van der Waals surface area contributed by atoms with Gasteiger partial charge in [-0.3, -0.25) is 14.7 Å². The van der Waals surface area contributed by atoms with E-state index in [1.807, 2.05) is 18.2 Å². The van der Waals surface area contributed by atoms with Crippen molar-refractivity contribution in [3.63, 3.8) is 0 Å². The van der Waals surface area contributed by atoms with E-state index in [2.05, 4.69) is 32.3 Å². The summed E-state index contributed by atoms with van der Waals surface area (Å²) < 4.78 is 26.4. The smallest absolute Gasteiger partial charge is 0.257 e. The molecule has 0 radical (unpaired) electrons. The highest BCUT2D eigenvalue weighted by atomic mass is 19.2. The van der Waals surface area contributed by atoms with Crippen LogP contribution in [0.25, 0.3) is 0 Å².